The molecule has 0 bridgehead atoms. The number of benzene rings is 1. The van der Waals surface area contributed by atoms with Gasteiger partial charge in [0.05, 0.1) is 11.5 Å². The summed E-state index contributed by atoms with van der Waals surface area (Å²) in [5.41, 5.74) is 5.85. The lowest BCUT2D eigenvalue weighted by Gasteiger charge is -2.24. The smallest absolute Gasteiger partial charge is 0.312 e. The third-order valence-corrected chi connectivity index (χ3v) is 6.39. The van der Waals surface area contributed by atoms with Crippen molar-refractivity contribution in [3.8, 4) is 0 Å². The molecule has 1 rings (SSSR count). The minimum Gasteiger partial charge on any atom is -0.460 e. The van der Waals surface area contributed by atoms with Gasteiger partial charge in [0.15, 0.2) is 5.78 Å². The molecule has 0 radical (unpaired) electrons. The first-order chi connectivity index (χ1) is 18.7. The van der Waals surface area contributed by atoms with E-state index in [-0.39, 0.29) is 49.1 Å². The summed E-state index contributed by atoms with van der Waals surface area (Å²) in [6.45, 7) is 11.5. The minimum atomic E-state index is -0.691. The van der Waals surface area contributed by atoms with E-state index in [1.165, 1.54) is 0 Å². The van der Waals surface area contributed by atoms with Gasteiger partial charge in [-0.2, -0.15) is 0 Å². The molecule has 1 unspecified atom stereocenters. The normalized spacial score (nSPS) is 12.8. The van der Waals surface area contributed by atoms with Crippen molar-refractivity contribution in [3.63, 3.8) is 0 Å². The molecule has 4 amide bonds. The number of Topliss-reactive ketones (excluding diaryl/α,β-unsaturated/α-hetero) is 1. The summed E-state index contributed by atoms with van der Waals surface area (Å²) in [5.74, 6) is -1.83. The van der Waals surface area contributed by atoms with Crippen LogP contribution in [0.3, 0.4) is 0 Å². The standard InChI is InChI=1S/C30H48N4O6/c1-7-8-9-12-25(36)34-26(20(2)3)24(35)18-22(11-10-17-32-29(31)39)27(37)33-23-15-13-21(14-16-23)19-40-28(38)30(4,5)6/h13-16,20,22,26H,7-12,17-19H2,1-6H3,(H,33,37)(H,34,36)(H3,31,32,39)/t22?,26-/m0/s1. The van der Waals surface area contributed by atoms with E-state index in [0.717, 1.165) is 24.8 Å². The lowest BCUT2D eigenvalue weighted by Crippen LogP contribution is -2.45. The van der Waals surface area contributed by atoms with Crippen LogP contribution in [-0.4, -0.2) is 42.2 Å². The van der Waals surface area contributed by atoms with Crippen molar-refractivity contribution in [2.24, 2.45) is 23.0 Å². The third kappa shape index (κ3) is 13.6. The fourth-order valence-corrected chi connectivity index (χ4v) is 3.95. The molecule has 0 saturated heterocycles. The number of amides is 4. The Morgan fingerprint density at radius 2 is 1.62 bits per heavy atom. The van der Waals surface area contributed by atoms with Crippen molar-refractivity contribution in [2.45, 2.75) is 99.1 Å². The molecular weight excluding hydrogens is 512 g/mol. The van der Waals surface area contributed by atoms with Crippen molar-refractivity contribution in [3.05, 3.63) is 29.8 Å². The SMILES string of the molecule is CCCCCC(=O)N[C@H](C(=O)CC(CCCNC(N)=O)C(=O)Nc1ccc(COC(=O)C(C)(C)C)cc1)C(C)C. The van der Waals surface area contributed by atoms with Gasteiger partial charge in [-0.1, -0.05) is 45.7 Å². The van der Waals surface area contributed by atoms with Crippen LogP contribution in [0.5, 0.6) is 0 Å². The maximum atomic E-state index is 13.3. The number of ketones is 1. The lowest BCUT2D eigenvalue weighted by atomic mass is 9.89. The van der Waals surface area contributed by atoms with E-state index in [1.54, 1.807) is 45.0 Å². The highest BCUT2D eigenvalue weighted by Crippen LogP contribution is 2.20. The molecule has 224 valence electrons. The molecular formula is C30H48N4O6. The van der Waals surface area contributed by atoms with Crippen LogP contribution in [0.1, 0.15) is 92.1 Å². The molecule has 0 fully saturated rings. The van der Waals surface area contributed by atoms with Crippen molar-refractivity contribution in [2.75, 3.05) is 11.9 Å². The molecule has 5 N–H and O–H groups in total. The van der Waals surface area contributed by atoms with Gasteiger partial charge >= 0.3 is 12.0 Å². The highest BCUT2D eigenvalue weighted by Gasteiger charge is 2.29. The molecule has 0 saturated carbocycles. The van der Waals surface area contributed by atoms with E-state index in [0.29, 0.717) is 24.9 Å². The predicted octanol–water partition coefficient (Wildman–Crippen LogP) is 4.46. The molecule has 10 nitrogen and oxygen atoms in total. The van der Waals surface area contributed by atoms with E-state index >= 15 is 0 Å². The molecule has 0 spiro atoms. The number of unbranched alkanes of at least 4 members (excludes halogenated alkanes) is 2. The second-order valence-electron chi connectivity index (χ2n) is 11.6. The van der Waals surface area contributed by atoms with Crippen LogP contribution in [0.15, 0.2) is 24.3 Å². The number of carbonyl (C=O) groups is 5. The zero-order valence-corrected chi connectivity index (χ0v) is 24.9. The maximum absolute atomic E-state index is 13.3. The first kappa shape index (κ1) is 34.6. The second-order valence-corrected chi connectivity index (χ2v) is 11.6. The van der Waals surface area contributed by atoms with Crippen molar-refractivity contribution >= 4 is 35.3 Å². The van der Waals surface area contributed by atoms with Crippen molar-refractivity contribution in [1.82, 2.24) is 10.6 Å². The summed E-state index contributed by atoms with van der Waals surface area (Å²) >= 11 is 0. The van der Waals surface area contributed by atoms with E-state index in [4.69, 9.17) is 10.5 Å². The first-order valence-electron chi connectivity index (χ1n) is 14.2. The number of nitrogens with two attached hydrogens (primary N) is 1. The fraction of sp³-hybridized carbons (Fsp3) is 0.633. The average Bonchev–Trinajstić information content (AvgIpc) is 2.87. The van der Waals surface area contributed by atoms with Crippen LogP contribution >= 0.6 is 0 Å². The van der Waals surface area contributed by atoms with Crippen LogP contribution in [0.25, 0.3) is 0 Å². The zero-order chi connectivity index (χ0) is 30.3. The Morgan fingerprint density at radius 3 is 2.17 bits per heavy atom. The van der Waals surface area contributed by atoms with Gasteiger partial charge < -0.3 is 26.4 Å². The molecule has 2 atom stereocenters. The summed E-state index contributed by atoms with van der Waals surface area (Å²) in [5, 5.41) is 8.21. The Labute approximate surface area is 238 Å². The molecule has 0 aliphatic rings. The summed E-state index contributed by atoms with van der Waals surface area (Å²) < 4.78 is 5.33. The van der Waals surface area contributed by atoms with Crippen LogP contribution in [-0.2, 0) is 30.5 Å². The second kappa shape index (κ2) is 17.3. The van der Waals surface area contributed by atoms with Crippen LogP contribution in [0.4, 0.5) is 10.5 Å². The number of esters is 1. The van der Waals surface area contributed by atoms with Gasteiger partial charge in [-0.25, -0.2) is 4.79 Å². The van der Waals surface area contributed by atoms with Crippen molar-refractivity contribution in [1.29, 1.82) is 0 Å². The van der Waals surface area contributed by atoms with Crippen LogP contribution < -0.4 is 21.7 Å². The Bertz CT molecular complexity index is 985. The number of anilines is 1. The fourth-order valence-electron chi connectivity index (χ4n) is 3.95. The number of primary amides is 1. The highest BCUT2D eigenvalue weighted by atomic mass is 16.5. The number of hydrogen-bond acceptors (Lipinski definition) is 6. The molecule has 1 aromatic carbocycles. The number of ether oxygens (including phenoxy) is 1. The van der Waals surface area contributed by atoms with E-state index < -0.39 is 23.4 Å². The summed E-state index contributed by atoms with van der Waals surface area (Å²) in [6, 6.07) is 5.58. The number of rotatable bonds is 17. The first-order valence-corrected chi connectivity index (χ1v) is 14.2. The summed E-state index contributed by atoms with van der Waals surface area (Å²) in [4.78, 5) is 62.0. The molecule has 10 heteroatoms. The van der Waals surface area contributed by atoms with Crippen molar-refractivity contribution < 1.29 is 28.7 Å². The lowest BCUT2D eigenvalue weighted by molar-refractivity contribution is -0.154. The van der Waals surface area contributed by atoms with Crippen LogP contribution in [0, 0.1) is 17.3 Å². The van der Waals surface area contributed by atoms with E-state index in [1.807, 2.05) is 13.8 Å². The Morgan fingerprint density at radius 1 is 0.975 bits per heavy atom. The summed E-state index contributed by atoms with van der Waals surface area (Å²) in [6.07, 6.45) is 3.79. The maximum Gasteiger partial charge on any atom is 0.312 e. The number of nitrogens with one attached hydrogen (secondary N) is 3. The minimum absolute atomic E-state index is 0.0542. The van der Waals surface area contributed by atoms with Gasteiger partial charge in [0.2, 0.25) is 11.8 Å². The summed E-state index contributed by atoms with van der Waals surface area (Å²) in [7, 11) is 0. The predicted molar refractivity (Wildman–Crippen MR) is 155 cm³/mol. The van der Waals surface area contributed by atoms with Crippen LogP contribution in [0.2, 0.25) is 0 Å². The molecule has 40 heavy (non-hydrogen) atoms. The van der Waals surface area contributed by atoms with E-state index in [9.17, 15) is 24.0 Å². The third-order valence-electron chi connectivity index (χ3n) is 6.39. The molecule has 0 aromatic heterocycles. The number of urea groups is 1. The highest BCUT2D eigenvalue weighted by molar-refractivity contribution is 5.97. The largest absolute Gasteiger partial charge is 0.460 e. The molecule has 0 aliphatic heterocycles. The van der Waals surface area contributed by atoms with Gasteiger partial charge in [0, 0.05) is 31.0 Å². The number of carbonyl (C=O) groups excluding carboxylic acids is 5. The average molecular weight is 561 g/mol. The zero-order valence-electron chi connectivity index (χ0n) is 24.9. The topological polar surface area (TPSA) is 157 Å². The van der Waals surface area contributed by atoms with Gasteiger partial charge in [0.1, 0.15) is 6.61 Å². The van der Waals surface area contributed by atoms with Gasteiger partial charge in [-0.3, -0.25) is 19.2 Å². The molecule has 0 aliphatic carbocycles. The Hall–Kier alpha value is -3.43. The number of hydrogen-bond donors (Lipinski definition) is 4. The van der Waals surface area contributed by atoms with Gasteiger partial charge in [-0.05, 0) is 63.6 Å². The Balaban J connectivity index is 2.89. The Kier molecular flexibility index (Phi) is 15.0. The van der Waals surface area contributed by atoms with Gasteiger partial charge in [-0.15, -0.1) is 0 Å². The van der Waals surface area contributed by atoms with Gasteiger partial charge in [0.25, 0.3) is 0 Å². The van der Waals surface area contributed by atoms with E-state index in [2.05, 4.69) is 22.9 Å². The monoisotopic (exact) mass is 560 g/mol. The molecule has 0 heterocycles. The molecule has 1 aromatic rings. The quantitative estimate of drug-likeness (QED) is 0.163.